The molecule has 0 bridgehead atoms. The SMILES string of the molecule is CN(c1cccc(C(C2C(=O)OC(Cc3ccccc3)(Cc3ccccc3)C2=O)C(C)(C)C)c1)S(=O)(=O)c1ccc2ccccc2n1. The Hall–Kier alpha value is -4.82. The first-order valence-corrected chi connectivity index (χ1v) is 17.1. The number of benzene rings is 4. The Bertz CT molecular complexity index is 2000. The van der Waals surface area contributed by atoms with Gasteiger partial charge in [-0.15, -0.1) is 0 Å². The Kier molecular flexibility index (Phi) is 8.49. The second-order valence-electron chi connectivity index (χ2n) is 13.3. The van der Waals surface area contributed by atoms with Crippen molar-refractivity contribution in [3.05, 3.63) is 138 Å². The Morgan fingerprint density at radius 1 is 0.787 bits per heavy atom. The van der Waals surface area contributed by atoms with Crippen molar-refractivity contribution in [2.45, 2.75) is 50.2 Å². The molecule has 2 atom stereocenters. The second-order valence-corrected chi connectivity index (χ2v) is 15.3. The number of fused-ring (bicyclic) bond motifs is 1. The van der Waals surface area contributed by atoms with Gasteiger partial charge in [-0.25, -0.2) is 4.98 Å². The summed E-state index contributed by atoms with van der Waals surface area (Å²) in [5, 5.41) is 0.769. The van der Waals surface area contributed by atoms with Gasteiger partial charge in [0.15, 0.2) is 16.4 Å². The van der Waals surface area contributed by atoms with Crippen LogP contribution in [0.2, 0.25) is 0 Å². The predicted molar refractivity (Wildman–Crippen MR) is 184 cm³/mol. The smallest absolute Gasteiger partial charge is 0.318 e. The third-order valence-electron chi connectivity index (χ3n) is 9.00. The van der Waals surface area contributed by atoms with Gasteiger partial charge in [0.2, 0.25) is 0 Å². The summed E-state index contributed by atoms with van der Waals surface area (Å²) >= 11 is 0. The number of hydrogen-bond acceptors (Lipinski definition) is 6. The van der Waals surface area contributed by atoms with Crippen LogP contribution in [0.5, 0.6) is 0 Å². The molecule has 47 heavy (non-hydrogen) atoms. The van der Waals surface area contributed by atoms with Crippen LogP contribution in [0.4, 0.5) is 5.69 Å². The molecule has 1 saturated heterocycles. The maximum absolute atomic E-state index is 14.7. The number of esters is 1. The minimum Gasteiger partial charge on any atom is -0.450 e. The van der Waals surface area contributed by atoms with Crippen LogP contribution in [0.3, 0.4) is 0 Å². The maximum atomic E-state index is 14.7. The summed E-state index contributed by atoms with van der Waals surface area (Å²) in [6.45, 7) is 5.95. The minimum absolute atomic E-state index is 0.0716. The van der Waals surface area contributed by atoms with E-state index in [-0.39, 0.29) is 23.7 Å². The van der Waals surface area contributed by atoms with Gasteiger partial charge < -0.3 is 4.74 Å². The number of cyclic esters (lactones) is 1. The third-order valence-corrected chi connectivity index (χ3v) is 10.7. The Balaban J connectivity index is 1.38. The lowest BCUT2D eigenvalue weighted by Crippen LogP contribution is -2.44. The van der Waals surface area contributed by atoms with Gasteiger partial charge in [-0.05, 0) is 52.4 Å². The van der Waals surface area contributed by atoms with Gasteiger partial charge in [0, 0.05) is 31.2 Å². The second kappa shape index (κ2) is 12.4. The molecule has 1 aromatic heterocycles. The fourth-order valence-electron chi connectivity index (χ4n) is 6.72. The molecule has 2 heterocycles. The van der Waals surface area contributed by atoms with Crippen LogP contribution in [0.15, 0.2) is 126 Å². The number of rotatable bonds is 9. The first kappa shape index (κ1) is 32.1. The van der Waals surface area contributed by atoms with E-state index < -0.39 is 38.8 Å². The lowest BCUT2D eigenvalue weighted by Gasteiger charge is -2.34. The van der Waals surface area contributed by atoms with Crippen molar-refractivity contribution >= 4 is 38.4 Å². The number of Topliss-reactive ketones (excluding diaryl/α,β-unsaturated/α-hetero) is 1. The molecule has 4 aromatic carbocycles. The monoisotopic (exact) mass is 646 g/mol. The maximum Gasteiger partial charge on any atom is 0.318 e. The standard InChI is InChI=1S/C39H38N2O5S/c1-38(2,3)35(30-19-13-20-31(24-30)41(4)47(44,45)33-23-22-29-18-11-12-21-32(29)40-33)34-36(42)39(46-37(34)43,25-27-14-7-5-8-15-27)26-28-16-9-6-10-17-28/h5-24,34-35H,25-26H2,1-4H3. The highest BCUT2D eigenvalue weighted by Crippen LogP contribution is 2.48. The van der Waals surface area contributed by atoms with Crippen molar-refractivity contribution in [1.29, 1.82) is 0 Å². The number of nitrogens with zero attached hydrogens (tertiary/aromatic N) is 2. The quantitative estimate of drug-likeness (QED) is 0.125. The first-order valence-electron chi connectivity index (χ1n) is 15.7. The molecule has 0 amide bonds. The number of para-hydroxylation sites is 1. The molecule has 8 heteroatoms. The van der Waals surface area contributed by atoms with Gasteiger partial charge in [-0.2, -0.15) is 8.42 Å². The predicted octanol–water partition coefficient (Wildman–Crippen LogP) is 7.16. The number of ketones is 1. The number of hydrogen-bond donors (Lipinski definition) is 0. The van der Waals surface area contributed by atoms with E-state index in [0.29, 0.717) is 16.8 Å². The van der Waals surface area contributed by atoms with E-state index in [0.717, 1.165) is 16.5 Å². The molecule has 1 aliphatic heterocycles. The van der Waals surface area contributed by atoms with Crippen LogP contribution < -0.4 is 4.31 Å². The van der Waals surface area contributed by atoms with Crippen molar-refractivity contribution in [1.82, 2.24) is 4.98 Å². The van der Waals surface area contributed by atoms with E-state index in [1.165, 1.54) is 17.4 Å². The average molecular weight is 647 g/mol. The Labute approximate surface area is 276 Å². The Morgan fingerprint density at radius 3 is 2.00 bits per heavy atom. The largest absolute Gasteiger partial charge is 0.450 e. The number of sulfonamides is 1. The molecular formula is C39H38N2O5S. The molecule has 0 spiro atoms. The van der Waals surface area contributed by atoms with Crippen molar-refractivity contribution in [2.24, 2.45) is 11.3 Å². The van der Waals surface area contributed by atoms with Crippen LogP contribution in [-0.4, -0.2) is 37.8 Å². The van der Waals surface area contributed by atoms with E-state index in [1.807, 2.05) is 106 Å². The van der Waals surface area contributed by atoms with E-state index in [9.17, 15) is 18.0 Å². The van der Waals surface area contributed by atoms with Gasteiger partial charge in [0.05, 0.1) is 11.2 Å². The molecular weight excluding hydrogens is 609 g/mol. The van der Waals surface area contributed by atoms with Gasteiger partial charge >= 0.3 is 5.97 Å². The van der Waals surface area contributed by atoms with Crippen LogP contribution in [0, 0.1) is 11.3 Å². The topological polar surface area (TPSA) is 93.6 Å². The van der Waals surface area contributed by atoms with Crippen molar-refractivity contribution in [2.75, 3.05) is 11.4 Å². The molecule has 0 N–H and O–H groups in total. The summed E-state index contributed by atoms with van der Waals surface area (Å²) in [7, 11) is -2.54. The highest BCUT2D eigenvalue weighted by Gasteiger charge is 2.59. The number of carbonyl (C=O) groups is 2. The zero-order valence-corrected chi connectivity index (χ0v) is 27.8. The van der Waals surface area contributed by atoms with Crippen molar-refractivity contribution < 1.29 is 22.7 Å². The number of pyridine rings is 1. The van der Waals surface area contributed by atoms with Crippen LogP contribution in [0.25, 0.3) is 10.9 Å². The summed E-state index contributed by atoms with van der Waals surface area (Å²) in [6, 6.07) is 36.9. The number of aromatic nitrogens is 1. The first-order chi connectivity index (χ1) is 22.4. The summed E-state index contributed by atoms with van der Waals surface area (Å²) in [5.41, 5.74) is 1.50. The van der Waals surface area contributed by atoms with E-state index in [1.54, 1.807) is 30.3 Å². The summed E-state index contributed by atoms with van der Waals surface area (Å²) < 4.78 is 35.0. The zero-order valence-electron chi connectivity index (χ0n) is 27.0. The third kappa shape index (κ3) is 6.30. The normalized spacial score (nSPS) is 17.0. The van der Waals surface area contributed by atoms with Gasteiger partial charge in [0.1, 0.15) is 5.92 Å². The lowest BCUT2D eigenvalue weighted by atomic mass is 9.66. The molecule has 0 aliphatic carbocycles. The van der Waals surface area contributed by atoms with E-state index in [2.05, 4.69) is 4.98 Å². The van der Waals surface area contributed by atoms with Crippen LogP contribution in [-0.2, 0) is 37.2 Å². The Morgan fingerprint density at radius 2 is 1.38 bits per heavy atom. The molecule has 2 unspecified atom stereocenters. The van der Waals surface area contributed by atoms with Crippen LogP contribution >= 0.6 is 0 Å². The van der Waals surface area contributed by atoms with Gasteiger partial charge in [-0.1, -0.05) is 112 Å². The number of anilines is 1. The fraction of sp³-hybridized carbons (Fsp3) is 0.256. The average Bonchev–Trinajstić information content (AvgIpc) is 3.28. The van der Waals surface area contributed by atoms with E-state index >= 15 is 0 Å². The lowest BCUT2D eigenvalue weighted by molar-refractivity contribution is -0.153. The summed E-state index contributed by atoms with van der Waals surface area (Å²) in [4.78, 5) is 33.1. The summed E-state index contributed by atoms with van der Waals surface area (Å²) in [6.07, 6.45) is 0.501. The highest BCUT2D eigenvalue weighted by molar-refractivity contribution is 7.92. The van der Waals surface area contributed by atoms with Gasteiger partial charge in [0.25, 0.3) is 10.0 Å². The molecule has 0 radical (unpaired) electrons. The molecule has 6 rings (SSSR count). The molecule has 1 aliphatic rings. The molecule has 1 fully saturated rings. The minimum atomic E-state index is -4.03. The molecule has 7 nitrogen and oxygen atoms in total. The number of ether oxygens (including phenoxy) is 1. The molecule has 5 aromatic rings. The van der Waals surface area contributed by atoms with Crippen LogP contribution in [0.1, 0.15) is 43.4 Å². The fourth-order valence-corrected chi connectivity index (χ4v) is 7.85. The summed E-state index contributed by atoms with van der Waals surface area (Å²) in [5.74, 6) is -2.50. The highest BCUT2D eigenvalue weighted by atomic mass is 32.2. The number of carbonyl (C=O) groups excluding carboxylic acids is 2. The molecule has 0 saturated carbocycles. The van der Waals surface area contributed by atoms with Gasteiger partial charge in [-0.3, -0.25) is 13.9 Å². The van der Waals surface area contributed by atoms with Crippen molar-refractivity contribution in [3.8, 4) is 0 Å². The molecule has 240 valence electrons. The van der Waals surface area contributed by atoms with Crippen molar-refractivity contribution in [3.63, 3.8) is 0 Å². The zero-order chi connectivity index (χ0) is 33.4. The van der Waals surface area contributed by atoms with E-state index in [4.69, 9.17) is 4.74 Å².